The fourth-order valence-electron chi connectivity index (χ4n) is 3.17. The van der Waals surface area contributed by atoms with Crippen LogP contribution in [0.15, 0.2) is 36.5 Å². The molecule has 29 heavy (non-hydrogen) atoms. The van der Waals surface area contributed by atoms with E-state index in [1.807, 2.05) is 12.1 Å². The van der Waals surface area contributed by atoms with Gasteiger partial charge in [-0.15, -0.1) is 0 Å². The minimum absolute atomic E-state index is 0.0203. The number of aromatic amines is 1. The Balaban J connectivity index is 1.69. The number of H-pyrrole nitrogens is 1. The van der Waals surface area contributed by atoms with Crippen molar-refractivity contribution in [3.63, 3.8) is 0 Å². The van der Waals surface area contributed by atoms with E-state index in [-0.39, 0.29) is 17.6 Å². The van der Waals surface area contributed by atoms with Crippen LogP contribution in [0, 0.1) is 5.92 Å². The first kappa shape index (κ1) is 19.7. The summed E-state index contributed by atoms with van der Waals surface area (Å²) in [5.41, 5.74) is 2.62. The molecule has 7 nitrogen and oxygen atoms in total. The van der Waals surface area contributed by atoms with Gasteiger partial charge in [0.25, 0.3) is 0 Å². The Kier molecular flexibility index (Phi) is 5.23. The SMILES string of the molecule is CCCS(=O)(=O)Nc1ccc(-c2cc(NC(=O)C3CC3)nc3[nH]ccc23)cc1Cl. The quantitative estimate of drug-likeness (QED) is 0.515. The third-order valence-electron chi connectivity index (χ3n) is 4.75. The predicted molar refractivity (Wildman–Crippen MR) is 116 cm³/mol. The summed E-state index contributed by atoms with van der Waals surface area (Å²) in [6.45, 7) is 1.80. The highest BCUT2D eigenvalue weighted by Crippen LogP contribution is 2.35. The molecule has 2 heterocycles. The monoisotopic (exact) mass is 432 g/mol. The van der Waals surface area contributed by atoms with Crippen molar-refractivity contribution in [3.8, 4) is 11.1 Å². The molecule has 0 unspecified atom stereocenters. The van der Waals surface area contributed by atoms with E-state index in [1.54, 1.807) is 31.3 Å². The fraction of sp³-hybridized carbons (Fsp3) is 0.300. The molecular formula is C20H21ClN4O3S. The van der Waals surface area contributed by atoms with Gasteiger partial charge in [-0.1, -0.05) is 24.6 Å². The number of amides is 1. The van der Waals surface area contributed by atoms with E-state index in [1.165, 1.54) is 0 Å². The van der Waals surface area contributed by atoms with Gasteiger partial charge >= 0.3 is 0 Å². The number of nitrogens with zero attached hydrogens (tertiary/aromatic N) is 1. The molecule has 0 spiro atoms. The Morgan fingerprint density at radius 3 is 2.76 bits per heavy atom. The Morgan fingerprint density at radius 1 is 1.28 bits per heavy atom. The second-order valence-corrected chi connectivity index (χ2v) is 9.42. The van der Waals surface area contributed by atoms with Crippen LogP contribution in [-0.2, 0) is 14.8 Å². The first-order valence-corrected chi connectivity index (χ1v) is 11.5. The van der Waals surface area contributed by atoms with E-state index in [0.29, 0.717) is 28.6 Å². The minimum atomic E-state index is -3.43. The number of halogens is 1. The fourth-order valence-corrected chi connectivity index (χ4v) is 4.60. The van der Waals surface area contributed by atoms with E-state index >= 15 is 0 Å². The summed E-state index contributed by atoms with van der Waals surface area (Å²) in [5, 5.41) is 4.05. The maximum atomic E-state index is 12.1. The van der Waals surface area contributed by atoms with Crippen LogP contribution in [0.2, 0.25) is 5.02 Å². The number of fused-ring (bicyclic) bond motifs is 1. The Morgan fingerprint density at radius 2 is 2.07 bits per heavy atom. The van der Waals surface area contributed by atoms with Crippen LogP contribution in [0.5, 0.6) is 0 Å². The van der Waals surface area contributed by atoms with Crippen LogP contribution in [0.4, 0.5) is 11.5 Å². The number of anilines is 2. The highest BCUT2D eigenvalue weighted by molar-refractivity contribution is 7.92. The smallest absolute Gasteiger partial charge is 0.232 e. The molecule has 4 rings (SSSR count). The van der Waals surface area contributed by atoms with Crippen LogP contribution in [-0.4, -0.2) is 30.0 Å². The first-order valence-electron chi connectivity index (χ1n) is 9.45. The van der Waals surface area contributed by atoms with Crippen molar-refractivity contribution < 1.29 is 13.2 Å². The lowest BCUT2D eigenvalue weighted by atomic mass is 10.0. The normalized spacial score (nSPS) is 14.1. The minimum Gasteiger partial charge on any atom is -0.346 e. The molecule has 0 aliphatic heterocycles. The summed E-state index contributed by atoms with van der Waals surface area (Å²) >= 11 is 6.36. The number of hydrogen-bond donors (Lipinski definition) is 3. The van der Waals surface area contributed by atoms with Crippen LogP contribution in [0.25, 0.3) is 22.2 Å². The van der Waals surface area contributed by atoms with Crippen LogP contribution in [0.1, 0.15) is 26.2 Å². The van der Waals surface area contributed by atoms with Crippen molar-refractivity contribution in [2.24, 2.45) is 5.92 Å². The molecule has 152 valence electrons. The standard InChI is InChI=1S/C20H21ClN4O3S/c1-2-9-29(27,28)25-17-6-5-13(10-16(17)21)15-11-18(24-20(26)12-3-4-12)23-19-14(15)7-8-22-19/h5-8,10-12,25H,2-4,9H2,1H3,(H2,22,23,24,26). The molecule has 3 aromatic rings. The molecule has 1 amide bonds. The van der Waals surface area contributed by atoms with Gasteiger partial charge in [-0.05, 0) is 54.7 Å². The van der Waals surface area contributed by atoms with Crippen molar-refractivity contribution in [2.75, 3.05) is 15.8 Å². The molecule has 1 aliphatic carbocycles. The van der Waals surface area contributed by atoms with Gasteiger partial charge in [0.05, 0.1) is 16.5 Å². The maximum Gasteiger partial charge on any atom is 0.232 e. The second-order valence-electron chi connectivity index (χ2n) is 7.17. The number of carbonyl (C=O) groups is 1. The van der Waals surface area contributed by atoms with Gasteiger partial charge in [0, 0.05) is 17.5 Å². The zero-order chi connectivity index (χ0) is 20.6. The summed E-state index contributed by atoms with van der Waals surface area (Å²) in [5.74, 6) is 0.553. The van der Waals surface area contributed by atoms with Gasteiger partial charge < -0.3 is 10.3 Å². The van der Waals surface area contributed by atoms with Gasteiger partial charge in [-0.25, -0.2) is 13.4 Å². The third kappa shape index (κ3) is 4.38. The average molecular weight is 433 g/mol. The molecule has 0 radical (unpaired) electrons. The molecule has 1 fully saturated rings. The zero-order valence-corrected chi connectivity index (χ0v) is 17.4. The van der Waals surface area contributed by atoms with E-state index in [4.69, 9.17) is 11.6 Å². The van der Waals surface area contributed by atoms with E-state index in [0.717, 1.165) is 29.4 Å². The predicted octanol–water partition coefficient (Wildman–Crippen LogP) is 4.38. The molecule has 0 bridgehead atoms. The molecular weight excluding hydrogens is 412 g/mol. The van der Waals surface area contributed by atoms with Gasteiger partial charge in [-0.2, -0.15) is 0 Å². The van der Waals surface area contributed by atoms with Crippen LogP contribution in [0.3, 0.4) is 0 Å². The van der Waals surface area contributed by atoms with Crippen molar-refractivity contribution in [2.45, 2.75) is 26.2 Å². The lowest BCUT2D eigenvalue weighted by molar-refractivity contribution is -0.117. The number of nitrogens with one attached hydrogen (secondary N) is 3. The topological polar surface area (TPSA) is 104 Å². The average Bonchev–Trinajstić information content (AvgIpc) is 3.41. The highest BCUT2D eigenvalue weighted by atomic mass is 35.5. The van der Waals surface area contributed by atoms with Crippen molar-refractivity contribution in [1.82, 2.24) is 9.97 Å². The maximum absolute atomic E-state index is 12.1. The largest absolute Gasteiger partial charge is 0.346 e. The number of hydrogen-bond acceptors (Lipinski definition) is 4. The summed E-state index contributed by atoms with van der Waals surface area (Å²) < 4.78 is 26.6. The molecule has 0 atom stereocenters. The van der Waals surface area contributed by atoms with Gasteiger partial charge in [-0.3, -0.25) is 9.52 Å². The lowest BCUT2D eigenvalue weighted by Gasteiger charge is -2.12. The van der Waals surface area contributed by atoms with Crippen molar-refractivity contribution in [1.29, 1.82) is 0 Å². The molecule has 1 aliphatic rings. The summed E-state index contributed by atoms with van der Waals surface area (Å²) in [7, 11) is -3.43. The van der Waals surface area contributed by atoms with Gasteiger partial charge in [0.2, 0.25) is 15.9 Å². The number of rotatable bonds is 7. The number of sulfonamides is 1. The number of aromatic nitrogens is 2. The zero-order valence-electron chi connectivity index (χ0n) is 15.8. The van der Waals surface area contributed by atoms with Gasteiger partial charge in [0.1, 0.15) is 11.5 Å². The number of pyridine rings is 1. The Hall–Kier alpha value is -2.58. The van der Waals surface area contributed by atoms with Crippen LogP contribution >= 0.6 is 11.6 Å². The molecule has 9 heteroatoms. The molecule has 0 saturated heterocycles. The molecule has 1 saturated carbocycles. The molecule has 3 N–H and O–H groups in total. The summed E-state index contributed by atoms with van der Waals surface area (Å²) in [4.78, 5) is 19.7. The Labute approximate surface area is 173 Å². The van der Waals surface area contributed by atoms with Crippen molar-refractivity contribution >= 4 is 50.1 Å². The third-order valence-corrected chi connectivity index (χ3v) is 6.54. The number of carbonyl (C=O) groups excluding carboxylic acids is 1. The van der Waals surface area contributed by atoms with E-state index in [2.05, 4.69) is 20.0 Å². The van der Waals surface area contributed by atoms with E-state index in [9.17, 15) is 13.2 Å². The first-order chi connectivity index (χ1) is 13.9. The lowest BCUT2D eigenvalue weighted by Crippen LogP contribution is -2.16. The second kappa shape index (κ2) is 7.68. The van der Waals surface area contributed by atoms with Crippen molar-refractivity contribution in [3.05, 3.63) is 41.6 Å². The highest BCUT2D eigenvalue weighted by Gasteiger charge is 2.30. The Bertz CT molecular complexity index is 1190. The van der Waals surface area contributed by atoms with Crippen LogP contribution < -0.4 is 10.0 Å². The number of benzene rings is 1. The summed E-state index contributed by atoms with van der Waals surface area (Å²) in [6.07, 6.45) is 4.12. The summed E-state index contributed by atoms with van der Waals surface area (Å²) in [6, 6.07) is 8.86. The molecule has 2 aromatic heterocycles. The van der Waals surface area contributed by atoms with Gasteiger partial charge in [0.15, 0.2) is 0 Å². The molecule has 1 aromatic carbocycles. The van der Waals surface area contributed by atoms with E-state index < -0.39 is 10.0 Å².